The molecule has 0 aliphatic carbocycles. The molecule has 0 aromatic heterocycles. The van der Waals surface area contributed by atoms with Crippen molar-refractivity contribution in [2.75, 3.05) is 0 Å². The summed E-state index contributed by atoms with van der Waals surface area (Å²) in [6, 6.07) is -2.79. The summed E-state index contributed by atoms with van der Waals surface area (Å²) in [7, 11) is 0. The van der Waals surface area contributed by atoms with E-state index in [2.05, 4.69) is 0 Å². The molecule has 0 aliphatic rings. The van der Waals surface area contributed by atoms with Crippen LogP contribution < -0.4 is 5.73 Å². The lowest BCUT2D eigenvalue weighted by molar-refractivity contribution is -0.144. The molecular formula is C4H7NO4. The molecule has 2 atom stereocenters. The molecule has 5 heteroatoms. The second kappa shape index (κ2) is 3.03. The predicted octanol–water partition coefficient (Wildman–Crippen LogP) is -1.13. The van der Waals surface area contributed by atoms with E-state index in [9.17, 15) is 9.59 Å². The largest absolute Gasteiger partial charge is 0.481 e. The molecule has 0 radical (unpaired) electrons. The van der Waals surface area contributed by atoms with Gasteiger partial charge in [-0.05, 0) is 0 Å². The first-order chi connectivity index (χ1) is 4.80. The SMILES string of the molecule is [3H]C(C(=O)O)[C@@]([3H])(N)C(=O)O. The summed E-state index contributed by atoms with van der Waals surface area (Å²) in [6.07, 6.45) is -2.18. The van der Waals surface area contributed by atoms with Crippen LogP contribution in [0.15, 0.2) is 0 Å². The Morgan fingerprint density at radius 2 is 2.22 bits per heavy atom. The quantitative estimate of drug-likeness (QED) is 0.457. The van der Waals surface area contributed by atoms with Crippen LogP contribution in [0, 0.1) is 0 Å². The minimum Gasteiger partial charge on any atom is -0.481 e. The fourth-order valence-corrected chi connectivity index (χ4v) is 0.195. The fraction of sp³-hybridized carbons (Fsp3) is 0.500. The van der Waals surface area contributed by atoms with E-state index in [4.69, 9.17) is 18.7 Å². The number of aliphatic carboxylic acids is 2. The van der Waals surface area contributed by atoms with Crippen LogP contribution >= 0.6 is 0 Å². The molecule has 0 rings (SSSR count). The Hall–Kier alpha value is -1.10. The minimum atomic E-state index is -2.79. The molecule has 0 heterocycles. The van der Waals surface area contributed by atoms with Crippen LogP contribution in [0.3, 0.4) is 0 Å². The van der Waals surface area contributed by atoms with E-state index >= 15 is 0 Å². The van der Waals surface area contributed by atoms with Crippen molar-refractivity contribution >= 4 is 11.9 Å². The van der Waals surface area contributed by atoms with Crippen LogP contribution in [-0.4, -0.2) is 28.2 Å². The molecule has 9 heavy (non-hydrogen) atoms. The Bertz CT molecular complexity index is 193. The Morgan fingerprint density at radius 3 is 2.33 bits per heavy atom. The van der Waals surface area contributed by atoms with Crippen molar-refractivity contribution < 1.29 is 22.5 Å². The summed E-state index contributed by atoms with van der Waals surface area (Å²) in [4.78, 5) is 20.1. The number of carboxylic acid groups (broad SMARTS) is 2. The average molecular weight is 137 g/mol. The Balaban J connectivity index is 4.55. The number of hydrogen-bond acceptors (Lipinski definition) is 3. The number of rotatable bonds is 3. The average Bonchev–Trinajstić information content (AvgIpc) is 1.85. The van der Waals surface area contributed by atoms with Gasteiger partial charge in [0.2, 0.25) is 0 Å². The highest BCUT2D eigenvalue weighted by atomic mass is 16.4. The van der Waals surface area contributed by atoms with Gasteiger partial charge in [0.25, 0.3) is 0 Å². The third-order valence-electron chi connectivity index (χ3n) is 0.526. The third kappa shape index (κ3) is 3.48. The summed E-state index contributed by atoms with van der Waals surface area (Å²) in [5.41, 5.74) is 4.70. The van der Waals surface area contributed by atoms with Crippen LogP contribution in [0.5, 0.6) is 0 Å². The zero-order chi connectivity index (χ0) is 9.23. The molecule has 0 amide bonds. The molecule has 52 valence electrons. The first kappa shape index (κ1) is 4.75. The maximum atomic E-state index is 10.1. The molecule has 0 aromatic rings. The van der Waals surface area contributed by atoms with Gasteiger partial charge in [0.05, 0.1) is 7.77 Å². The van der Waals surface area contributed by atoms with Gasteiger partial charge in [-0.3, -0.25) is 9.59 Å². The summed E-state index contributed by atoms with van der Waals surface area (Å²) in [5.74, 6) is -3.56. The van der Waals surface area contributed by atoms with Crippen molar-refractivity contribution in [2.45, 2.75) is 12.4 Å². The first-order valence-corrected chi connectivity index (χ1v) is 1.97. The molecule has 0 aliphatic heterocycles. The van der Waals surface area contributed by atoms with Crippen molar-refractivity contribution in [2.24, 2.45) is 5.73 Å². The van der Waals surface area contributed by atoms with Gasteiger partial charge in [0.1, 0.15) is 6.02 Å². The molecule has 0 saturated heterocycles. The molecule has 0 spiro atoms. The first-order valence-electron chi connectivity index (χ1n) is 3.05. The van der Waals surface area contributed by atoms with Crippen molar-refractivity contribution in [3.05, 3.63) is 0 Å². The number of carboxylic acids is 2. The Kier molecular flexibility index (Phi) is 1.60. The van der Waals surface area contributed by atoms with E-state index in [0.29, 0.717) is 0 Å². The van der Waals surface area contributed by atoms with Gasteiger partial charge >= 0.3 is 11.9 Å². The zero-order valence-electron chi connectivity index (χ0n) is 6.37. The van der Waals surface area contributed by atoms with Crippen molar-refractivity contribution in [3.8, 4) is 0 Å². The van der Waals surface area contributed by atoms with Gasteiger partial charge in [0, 0.05) is 1.37 Å². The van der Waals surface area contributed by atoms with E-state index in [0.717, 1.165) is 0 Å². The molecule has 1 unspecified atom stereocenters. The second-order valence-electron chi connectivity index (χ2n) is 1.24. The Labute approximate surface area is 53.9 Å². The monoisotopic (exact) mass is 137 g/mol. The van der Waals surface area contributed by atoms with Gasteiger partial charge < -0.3 is 15.9 Å². The summed E-state index contributed by atoms with van der Waals surface area (Å²) in [6.45, 7) is 0. The molecule has 4 N–H and O–H groups in total. The maximum absolute atomic E-state index is 10.1. The topological polar surface area (TPSA) is 101 Å². The van der Waals surface area contributed by atoms with E-state index in [1.165, 1.54) is 0 Å². The Morgan fingerprint density at radius 1 is 1.78 bits per heavy atom. The molecule has 0 fully saturated rings. The van der Waals surface area contributed by atoms with Crippen molar-refractivity contribution in [3.63, 3.8) is 0 Å². The summed E-state index contributed by atoms with van der Waals surface area (Å²) < 4.78 is 13.4. The number of nitrogens with two attached hydrogens (primary N) is 1. The fourth-order valence-electron chi connectivity index (χ4n) is 0.195. The standard InChI is InChI=1S/C4H7NO4/c5-2(4(8)9)1-3(6)7/h2H,1,5H2,(H,6,7)(H,8,9)/t2-/m1/s1/i1T,2T/t1?,2-. The van der Waals surface area contributed by atoms with Gasteiger partial charge in [-0.1, -0.05) is 0 Å². The highest BCUT2D eigenvalue weighted by molar-refractivity contribution is 5.80. The second-order valence-corrected chi connectivity index (χ2v) is 1.24. The highest BCUT2D eigenvalue weighted by Gasteiger charge is 2.14. The van der Waals surface area contributed by atoms with Crippen molar-refractivity contribution in [1.29, 1.82) is 0 Å². The van der Waals surface area contributed by atoms with Crippen LogP contribution in [0.2, 0.25) is 0 Å². The van der Waals surface area contributed by atoms with E-state index < -0.39 is 24.4 Å². The smallest absolute Gasteiger partial charge is 0.321 e. The minimum absolute atomic E-state index is 1.73. The molecule has 0 bridgehead atoms. The van der Waals surface area contributed by atoms with Gasteiger partial charge in [-0.2, -0.15) is 0 Å². The maximum Gasteiger partial charge on any atom is 0.321 e. The molecule has 5 nitrogen and oxygen atoms in total. The lowest BCUT2D eigenvalue weighted by Gasteiger charge is -1.99. The molecule has 0 saturated carbocycles. The van der Waals surface area contributed by atoms with Crippen LogP contribution in [0.25, 0.3) is 0 Å². The third-order valence-corrected chi connectivity index (χ3v) is 0.526. The van der Waals surface area contributed by atoms with E-state index in [-0.39, 0.29) is 0 Å². The van der Waals surface area contributed by atoms with Crippen LogP contribution in [-0.2, 0) is 9.59 Å². The highest BCUT2D eigenvalue weighted by Crippen LogP contribution is 1.86. The zero-order valence-corrected chi connectivity index (χ0v) is 4.37. The van der Waals surface area contributed by atoms with Crippen molar-refractivity contribution in [1.82, 2.24) is 0 Å². The lowest BCUT2D eigenvalue weighted by Crippen LogP contribution is -2.32. The lowest BCUT2D eigenvalue weighted by atomic mass is 10.2. The van der Waals surface area contributed by atoms with E-state index in [1.807, 2.05) is 0 Å². The van der Waals surface area contributed by atoms with Gasteiger partial charge in [0.15, 0.2) is 0 Å². The predicted molar refractivity (Wildman–Crippen MR) is 27.9 cm³/mol. The number of carbonyl (C=O) groups is 2. The van der Waals surface area contributed by atoms with Crippen LogP contribution in [0.1, 0.15) is 9.14 Å². The van der Waals surface area contributed by atoms with E-state index in [1.54, 1.807) is 0 Å². The number of hydrogen-bond donors (Lipinski definition) is 3. The molecule has 0 aromatic carbocycles. The van der Waals surface area contributed by atoms with Gasteiger partial charge in [-0.15, -0.1) is 0 Å². The molecular weight excluding hydrogens is 126 g/mol. The summed E-state index contributed by atoms with van der Waals surface area (Å²) in [5, 5.41) is 16.3. The summed E-state index contributed by atoms with van der Waals surface area (Å²) >= 11 is 0. The normalized spacial score (nSPS) is 22.8. The van der Waals surface area contributed by atoms with Crippen LogP contribution in [0.4, 0.5) is 0 Å². The van der Waals surface area contributed by atoms with Gasteiger partial charge in [-0.25, -0.2) is 0 Å².